The van der Waals surface area contributed by atoms with Crippen LogP contribution in [0.15, 0.2) is 88.3 Å². The quantitative estimate of drug-likeness (QED) is 0.626. The van der Waals surface area contributed by atoms with Crippen molar-refractivity contribution in [3.63, 3.8) is 0 Å². The molecule has 1 aromatic heterocycles. The maximum absolute atomic E-state index is 13.2. The number of aromatic nitrogens is 2. The molecule has 2 amide bonds. The van der Waals surface area contributed by atoms with Crippen LogP contribution in [0.3, 0.4) is 0 Å². The summed E-state index contributed by atoms with van der Waals surface area (Å²) >= 11 is 0. The molecule has 0 spiro atoms. The van der Waals surface area contributed by atoms with Crippen molar-refractivity contribution in [1.82, 2.24) is 15.1 Å². The van der Waals surface area contributed by atoms with E-state index in [1.165, 1.54) is 15.8 Å². The standard InChI is InChI=1S/C24H21N5O3/c1-15(2)22(30)25-21-20(24(32)29(27-21)18-12-8-5-9-13-18)14-19-16(3)26-28(23(19)31)17-10-6-4-7-11-17/h4-14,26H,1H2,2-3H3,(H,25,27,30)/b20-14-. The number of anilines is 1. The first kappa shape index (κ1) is 20.8. The van der Waals surface area contributed by atoms with E-state index >= 15 is 0 Å². The van der Waals surface area contributed by atoms with E-state index in [0.717, 1.165) is 0 Å². The van der Waals surface area contributed by atoms with Gasteiger partial charge in [0.25, 0.3) is 17.4 Å². The summed E-state index contributed by atoms with van der Waals surface area (Å²) in [5.41, 5.74) is 2.11. The summed E-state index contributed by atoms with van der Waals surface area (Å²) in [5.74, 6) is -0.873. The van der Waals surface area contributed by atoms with Crippen LogP contribution in [0.5, 0.6) is 0 Å². The molecule has 0 aliphatic carbocycles. The summed E-state index contributed by atoms with van der Waals surface area (Å²) in [5, 5.41) is 11.1. The van der Waals surface area contributed by atoms with Crippen LogP contribution in [0.4, 0.5) is 5.69 Å². The summed E-state index contributed by atoms with van der Waals surface area (Å²) in [6.07, 6.45) is 1.45. The van der Waals surface area contributed by atoms with E-state index in [4.69, 9.17) is 0 Å². The number of amides is 2. The maximum Gasteiger partial charge on any atom is 0.282 e. The second-order valence-electron chi connectivity index (χ2n) is 7.32. The lowest BCUT2D eigenvalue weighted by Gasteiger charge is -2.10. The highest BCUT2D eigenvalue weighted by Gasteiger charge is 2.33. The van der Waals surface area contributed by atoms with Crippen LogP contribution in [-0.2, 0) is 9.59 Å². The fourth-order valence-corrected chi connectivity index (χ4v) is 3.23. The molecule has 0 radical (unpaired) electrons. The van der Waals surface area contributed by atoms with Crippen molar-refractivity contribution < 1.29 is 9.59 Å². The number of hydrazone groups is 1. The minimum atomic E-state index is -0.468. The molecule has 2 N–H and O–H groups in total. The molecule has 3 aromatic rings. The molecular formula is C24H21N5O3. The van der Waals surface area contributed by atoms with Crippen molar-refractivity contribution in [1.29, 1.82) is 0 Å². The van der Waals surface area contributed by atoms with Gasteiger partial charge in [0.1, 0.15) is 0 Å². The van der Waals surface area contributed by atoms with Crippen LogP contribution < -0.4 is 15.9 Å². The SMILES string of the molecule is C=C(C)C(=O)NC1=NN(c2ccccc2)C(=O)/C1=C\c1c(C)[nH]n(-c2ccccc2)c1=O. The number of carbonyl (C=O) groups is 2. The molecule has 0 atom stereocenters. The normalized spacial score (nSPS) is 14.6. The van der Waals surface area contributed by atoms with Crippen molar-refractivity contribution in [3.8, 4) is 5.69 Å². The summed E-state index contributed by atoms with van der Waals surface area (Å²) in [6, 6.07) is 17.9. The zero-order valence-corrected chi connectivity index (χ0v) is 17.6. The summed E-state index contributed by atoms with van der Waals surface area (Å²) in [6.45, 7) is 6.92. The van der Waals surface area contributed by atoms with Gasteiger partial charge in [-0.05, 0) is 44.2 Å². The molecule has 32 heavy (non-hydrogen) atoms. The number of nitrogens with zero attached hydrogens (tertiary/aromatic N) is 3. The number of H-pyrrole nitrogens is 1. The van der Waals surface area contributed by atoms with Crippen LogP contribution in [0.1, 0.15) is 18.2 Å². The molecule has 0 unspecified atom stereocenters. The summed E-state index contributed by atoms with van der Waals surface area (Å²) in [7, 11) is 0. The Hall–Kier alpha value is -4.46. The molecule has 8 heteroatoms. The lowest BCUT2D eigenvalue weighted by Crippen LogP contribution is -2.32. The smallest absolute Gasteiger partial charge is 0.282 e. The summed E-state index contributed by atoms with van der Waals surface area (Å²) < 4.78 is 1.40. The molecule has 0 fully saturated rings. The first-order chi connectivity index (χ1) is 15.4. The van der Waals surface area contributed by atoms with E-state index in [2.05, 4.69) is 22.1 Å². The number of aryl methyl sites for hydroxylation is 1. The van der Waals surface area contributed by atoms with Gasteiger partial charge in [0.05, 0.1) is 22.5 Å². The van der Waals surface area contributed by atoms with E-state index in [-0.39, 0.29) is 22.5 Å². The molecule has 2 heterocycles. The molecule has 0 saturated heterocycles. The van der Waals surface area contributed by atoms with E-state index in [1.54, 1.807) is 50.2 Å². The topological polar surface area (TPSA) is 99.6 Å². The van der Waals surface area contributed by atoms with Crippen LogP contribution in [0.2, 0.25) is 0 Å². The summed E-state index contributed by atoms with van der Waals surface area (Å²) in [4.78, 5) is 38.6. The first-order valence-corrected chi connectivity index (χ1v) is 9.91. The minimum Gasteiger partial charge on any atom is -0.305 e. The number of hydrogen-bond acceptors (Lipinski definition) is 4. The number of hydrogen-bond donors (Lipinski definition) is 2. The zero-order valence-electron chi connectivity index (χ0n) is 17.6. The Balaban J connectivity index is 1.80. The van der Waals surface area contributed by atoms with Gasteiger partial charge >= 0.3 is 0 Å². The number of rotatable bonds is 4. The average molecular weight is 427 g/mol. The van der Waals surface area contributed by atoms with Crippen molar-refractivity contribution in [2.75, 3.05) is 5.01 Å². The predicted octanol–water partition coefficient (Wildman–Crippen LogP) is 2.91. The molecule has 1 aliphatic heterocycles. The Morgan fingerprint density at radius 1 is 1.03 bits per heavy atom. The Labute approximate surface area is 184 Å². The third-order valence-corrected chi connectivity index (χ3v) is 4.92. The lowest BCUT2D eigenvalue weighted by atomic mass is 10.1. The molecule has 8 nitrogen and oxygen atoms in total. The van der Waals surface area contributed by atoms with Crippen LogP contribution in [0.25, 0.3) is 11.8 Å². The highest BCUT2D eigenvalue weighted by atomic mass is 16.2. The Morgan fingerprint density at radius 2 is 1.62 bits per heavy atom. The maximum atomic E-state index is 13.2. The van der Waals surface area contributed by atoms with Gasteiger partial charge in [-0.15, -0.1) is 5.10 Å². The van der Waals surface area contributed by atoms with Gasteiger partial charge in [-0.3, -0.25) is 19.5 Å². The van der Waals surface area contributed by atoms with Gasteiger partial charge < -0.3 is 5.32 Å². The lowest BCUT2D eigenvalue weighted by molar-refractivity contribution is -0.116. The van der Waals surface area contributed by atoms with Gasteiger partial charge in [-0.25, -0.2) is 4.68 Å². The Morgan fingerprint density at radius 3 is 2.22 bits per heavy atom. The molecule has 0 bridgehead atoms. The first-order valence-electron chi connectivity index (χ1n) is 9.91. The van der Waals surface area contributed by atoms with Crippen molar-refractivity contribution in [2.45, 2.75) is 13.8 Å². The van der Waals surface area contributed by atoms with E-state index < -0.39 is 11.8 Å². The number of amidine groups is 1. The van der Waals surface area contributed by atoms with Gasteiger partial charge in [0.15, 0.2) is 5.84 Å². The van der Waals surface area contributed by atoms with Crippen LogP contribution in [0, 0.1) is 6.92 Å². The predicted molar refractivity (Wildman–Crippen MR) is 123 cm³/mol. The van der Waals surface area contributed by atoms with Crippen LogP contribution >= 0.6 is 0 Å². The fourth-order valence-electron chi connectivity index (χ4n) is 3.23. The highest BCUT2D eigenvalue weighted by Crippen LogP contribution is 2.24. The highest BCUT2D eigenvalue weighted by molar-refractivity contribution is 6.34. The van der Waals surface area contributed by atoms with E-state index in [1.807, 2.05) is 24.3 Å². The Bertz CT molecular complexity index is 1330. The zero-order chi connectivity index (χ0) is 22.8. The molecule has 0 saturated carbocycles. The van der Waals surface area contributed by atoms with E-state index in [0.29, 0.717) is 22.6 Å². The molecule has 4 rings (SSSR count). The van der Waals surface area contributed by atoms with Crippen molar-refractivity contribution in [2.24, 2.45) is 5.10 Å². The minimum absolute atomic E-state index is 0.0538. The number of para-hydroxylation sites is 2. The average Bonchev–Trinajstić information content (AvgIpc) is 3.26. The van der Waals surface area contributed by atoms with Gasteiger partial charge in [0, 0.05) is 11.3 Å². The molecular weight excluding hydrogens is 406 g/mol. The molecule has 160 valence electrons. The number of nitrogens with one attached hydrogen (secondary N) is 2. The van der Waals surface area contributed by atoms with Crippen molar-refractivity contribution in [3.05, 3.63) is 100.0 Å². The molecule has 1 aliphatic rings. The van der Waals surface area contributed by atoms with Crippen LogP contribution in [-0.4, -0.2) is 27.4 Å². The van der Waals surface area contributed by atoms with Crippen molar-refractivity contribution >= 4 is 29.4 Å². The van der Waals surface area contributed by atoms with Gasteiger partial charge in [-0.1, -0.05) is 43.0 Å². The number of benzene rings is 2. The second-order valence-corrected chi connectivity index (χ2v) is 7.32. The number of aromatic amines is 1. The molecule has 2 aromatic carbocycles. The van der Waals surface area contributed by atoms with E-state index in [9.17, 15) is 14.4 Å². The van der Waals surface area contributed by atoms with Gasteiger partial charge in [0.2, 0.25) is 0 Å². The Kier molecular flexibility index (Phi) is 5.43. The monoisotopic (exact) mass is 427 g/mol. The number of carbonyl (C=O) groups excluding carboxylic acids is 2. The second kappa shape index (κ2) is 8.35. The fraction of sp³-hybridized carbons (Fsp3) is 0.0833. The largest absolute Gasteiger partial charge is 0.305 e. The van der Waals surface area contributed by atoms with Gasteiger partial charge in [-0.2, -0.15) is 5.01 Å². The third-order valence-electron chi connectivity index (χ3n) is 4.92. The third kappa shape index (κ3) is 3.81.